The molecule has 9 nitrogen and oxygen atoms in total. The van der Waals surface area contributed by atoms with Gasteiger partial charge in [0.15, 0.2) is 0 Å². The molecule has 0 aliphatic rings. The number of carbonyl (C=O) groups excluding carboxylic acids is 1. The van der Waals surface area contributed by atoms with Crippen LogP contribution in [-0.4, -0.2) is 26.4 Å². The van der Waals surface area contributed by atoms with Crippen LogP contribution in [0.1, 0.15) is 15.9 Å². The van der Waals surface area contributed by atoms with Gasteiger partial charge >= 0.3 is 0 Å². The van der Waals surface area contributed by atoms with Crippen molar-refractivity contribution in [3.63, 3.8) is 0 Å². The third-order valence-corrected chi connectivity index (χ3v) is 4.50. The first kappa shape index (κ1) is 18.4. The molecule has 0 atom stereocenters. The van der Waals surface area contributed by atoms with E-state index in [9.17, 15) is 23.3 Å². The number of hydrazine groups is 1. The van der Waals surface area contributed by atoms with Gasteiger partial charge in [-0.1, -0.05) is 12.1 Å². The molecule has 25 heavy (non-hydrogen) atoms. The number of nitrogens with zero attached hydrogens (tertiary/aromatic N) is 1. The number of sulfonamides is 1. The number of nitro benzene ring substituents is 1. The molecule has 0 spiro atoms. The van der Waals surface area contributed by atoms with Crippen molar-refractivity contribution in [2.24, 2.45) is 0 Å². The predicted octanol–water partition coefficient (Wildman–Crippen LogP) is 1.54. The normalized spacial score (nSPS) is 11.0. The molecule has 2 rings (SSSR count). The summed E-state index contributed by atoms with van der Waals surface area (Å²) in [5, 5.41) is 10.7. The van der Waals surface area contributed by atoms with Crippen LogP contribution in [0.4, 0.5) is 5.69 Å². The van der Waals surface area contributed by atoms with E-state index in [1.165, 1.54) is 37.4 Å². The number of methoxy groups -OCH3 is 1. The molecule has 1 amide bonds. The minimum Gasteiger partial charge on any atom is -0.495 e. The molecule has 0 heterocycles. The van der Waals surface area contributed by atoms with E-state index in [0.717, 1.165) is 6.07 Å². The number of rotatable bonds is 6. The van der Waals surface area contributed by atoms with Crippen LogP contribution in [-0.2, 0) is 10.0 Å². The van der Waals surface area contributed by atoms with Gasteiger partial charge < -0.3 is 4.74 Å². The monoisotopic (exact) mass is 365 g/mol. The molecule has 0 unspecified atom stereocenters. The zero-order valence-electron chi connectivity index (χ0n) is 13.3. The fraction of sp³-hybridized carbons (Fsp3) is 0.133. The molecule has 0 bridgehead atoms. The van der Waals surface area contributed by atoms with Crippen LogP contribution in [0.25, 0.3) is 0 Å². The average molecular weight is 365 g/mol. The maximum absolute atomic E-state index is 12.4. The highest BCUT2D eigenvalue weighted by molar-refractivity contribution is 7.89. The Morgan fingerprint density at radius 2 is 1.92 bits per heavy atom. The number of amides is 1. The largest absolute Gasteiger partial charge is 0.495 e. The Balaban J connectivity index is 2.20. The smallest absolute Gasteiger partial charge is 0.270 e. The quantitative estimate of drug-likeness (QED) is 0.590. The van der Waals surface area contributed by atoms with Gasteiger partial charge in [-0.15, -0.1) is 4.83 Å². The molecule has 0 saturated carbocycles. The number of aryl methyl sites for hydroxylation is 1. The van der Waals surface area contributed by atoms with Crippen molar-refractivity contribution in [3.8, 4) is 5.75 Å². The van der Waals surface area contributed by atoms with E-state index < -0.39 is 20.9 Å². The van der Waals surface area contributed by atoms with Crippen molar-refractivity contribution in [2.75, 3.05) is 7.11 Å². The first-order valence-corrected chi connectivity index (χ1v) is 8.44. The molecule has 2 N–H and O–H groups in total. The predicted molar refractivity (Wildman–Crippen MR) is 88.6 cm³/mol. The highest BCUT2D eigenvalue weighted by atomic mass is 32.2. The van der Waals surface area contributed by atoms with Crippen LogP contribution in [0.2, 0.25) is 0 Å². The lowest BCUT2D eigenvalue weighted by atomic mass is 10.2. The molecular weight excluding hydrogens is 350 g/mol. The number of hydrogen-bond donors (Lipinski definition) is 2. The number of non-ortho nitro benzene ring substituents is 1. The first-order chi connectivity index (χ1) is 11.7. The summed E-state index contributed by atoms with van der Waals surface area (Å²) in [4.78, 5) is 23.9. The Labute approximate surface area is 143 Å². The van der Waals surface area contributed by atoms with Gasteiger partial charge in [0.25, 0.3) is 21.6 Å². The van der Waals surface area contributed by atoms with Crippen molar-refractivity contribution in [1.82, 2.24) is 10.3 Å². The molecule has 2 aromatic carbocycles. The SMILES string of the molecule is COc1ccc(C)cc1S(=O)(=O)NNC(=O)c1cccc([N+](=O)[O-])c1. The van der Waals surface area contributed by atoms with Crippen molar-refractivity contribution in [1.29, 1.82) is 0 Å². The number of nitrogens with one attached hydrogen (secondary N) is 2. The molecule has 2 aromatic rings. The van der Waals surface area contributed by atoms with Crippen LogP contribution in [0.3, 0.4) is 0 Å². The molecule has 0 fully saturated rings. The van der Waals surface area contributed by atoms with Gasteiger partial charge in [0, 0.05) is 17.7 Å². The van der Waals surface area contributed by atoms with E-state index in [-0.39, 0.29) is 21.9 Å². The first-order valence-electron chi connectivity index (χ1n) is 6.96. The topological polar surface area (TPSA) is 128 Å². The van der Waals surface area contributed by atoms with E-state index in [1.54, 1.807) is 13.0 Å². The summed E-state index contributed by atoms with van der Waals surface area (Å²) in [6.45, 7) is 1.71. The molecule has 0 aromatic heterocycles. The summed E-state index contributed by atoms with van der Waals surface area (Å²) in [6.07, 6.45) is 0. The van der Waals surface area contributed by atoms with Gasteiger partial charge in [-0.25, -0.2) is 8.42 Å². The van der Waals surface area contributed by atoms with Crippen LogP contribution in [0.5, 0.6) is 5.75 Å². The number of nitro groups is 1. The average Bonchev–Trinajstić information content (AvgIpc) is 2.59. The molecule has 132 valence electrons. The summed E-state index contributed by atoms with van der Waals surface area (Å²) in [5.41, 5.74) is 2.36. The molecule has 10 heteroatoms. The summed E-state index contributed by atoms with van der Waals surface area (Å²) in [7, 11) is -2.77. The minimum absolute atomic E-state index is 0.0619. The lowest BCUT2D eigenvalue weighted by Crippen LogP contribution is -2.41. The van der Waals surface area contributed by atoms with Crippen LogP contribution >= 0.6 is 0 Å². The Hall–Kier alpha value is -2.98. The minimum atomic E-state index is -4.10. The van der Waals surface area contributed by atoms with Gasteiger partial charge in [0.2, 0.25) is 0 Å². The third kappa shape index (κ3) is 4.31. The molecule has 0 aliphatic heterocycles. The number of carbonyl (C=O) groups is 1. The van der Waals surface area contributed by atoms with E-state index in [0.29, 0.717) is 5.56 Å². The zero-order chi connectivity index (χ0) is 18.6. The van der Waals surface area contributed by atoms with Crippen LogP contribution in [0, 0.1) is 17.0 Å². The number of ether oxygens (including phenoxy) is 1. The Morgan fingerprint density at radius 1 is 1.20 bits per heavy atom. The summed E-state index contributed by atoms with van der Waals surface area (Å²) >= 11 is 0. The van der Waals surface area contributed by atoms with Crippen molar-refractivity contribution < 1.29 is 22.9 Å². The summed E-state index contributed by atoms with van der Waals surface area (Å²) in [6, 6.07) is 9.47. The fourth-order valence-electron chi connectivity index (χ4n) is 2.00. The van der Waals surface area contributed by atoms with Crippen molar-refractivity contribution in [2.45, 2.75) is 11.8 Å². The Kier molecular flexibility index (Phi) is 5.35. The molecule has 0 aliphatic carbocycles. The van der Waals surface area contributed by atoms with Gasteiger partial charge in [0.05, 0.1) is 12.0 Å². The second-order valence-corrected chi connectivity index (χ2v) is 6.67. The third-order valence-electron chi connectivity index (χ3n) is 3.23. The van der Waals surface area contributed by atoms with Crippen LogP contribution in [0.15, 0.2) is 47.4 Å². The second kappa shape index (κ2) is 7.28. The Morgan fingerprint density at radius 3 is 2.56 bits per heavy atom. The van der Waals surface area contributed by atoms with Crippen LogP contribution < -0.4 is 15.0 Å². The fourth-order valence-corrected chi connectivity index (χ4v) is 3.09. The van der Waals surface area contributed by atoms with E-state index >= 15 is 0 Å². The number of hydrogen-bond acceptors (Lipinski definition) is 6. The maximum atomic E-state index is 12.4. The molecule has 0 radical (unpaired) electrons. The zero-order valence-corrected chi connectivity index (χ0v) is 14.2. The Bertz CT molecular complexity index is 927. The lowest BCUT2D eigenvalue weighted by molar-refractivity contribution is -0.384. The second-order valence-electron chi connectivity index (χ2n) is 5.02. The lowest BCUT2D eigenvalue weighted by Gasteiger charge is -2.12. The van der Waals surface area contributed by atoms with E-state index in [2.05, 4.69) is 0 Å². The standard InChI is InChI=1S/C15H15N3O6S/c1-10-6-7-13(24-2)14(8-10)25(22,23)17-16-15(19)11-4-3-5-12(9-11)18(20)21/h3-9,17H,1-2H3,(H,16,19). The van der Waals surface area contributed by atoms with Gasteiger partial charge in [-0.2, -0.15) is 0 Å². The van der Waals surface area contributed by atoms with Gasteiger partial charge in [0.1, 0.15) is 10.6 Å². The van der Waals surface area contributed by atoms with Crippen molar-refractivity contribution >= 4 is 21.6 Å². The van der Waals surface area contributed by atoms with Gasteiger partial charge in [-0.3, -0.25) is 20.3 Å². The van der Waals surface area contributed by atoms with E-state index in [4.69, 9.17) is 4.74 Å². The highest BCUT2D eigenvalue weighted by Crippen LogP contribution is 2.24. The highest BCUT2D eigenvalue weighted by Gasteiger charge is 2.21. The van der Waals surface area contributed by atoms with Gasteiger partial charge in [-0.05, 0) is 30.7 Å². The summed E-state index contributed by atoms with van der Waals surface area (Å²) in [5.74, 6) is -0.721. The molecular formula is C15H15N3O6S. The summed E-state index contributed by atoms with van der Waals surface area (Å²) < 4.78 is 29.7. The van der Waals surface area contributed by atoms with E-state index in [1.807, 2.05) is 10.3 Å². The maximum Gasteiger partial charge on any atom is 0.270 e. The molecule has 0 saturated heterocycles. The number of benzene rings is 2. The van der Waals surface area contributed by atoms with Crippen molar-refractivity contribution in [3.05, 3.63) is 63.7 Å².